The van der Waals surface area contributed by atoms with Gasteiger partial charge >= 0.3 is 0 Å². The van der Waals surface area contributed by atoms with Crippen LogP contribution in [0.4, 0.5) is 4.39 Å². The van der Waals surface area contributed by atoms with Gasteiger partial charge in [0.1, 0.15) is 11.6 Å². The highest BCUT2D eigenvalue weighted by Gasteiger charge is 2.14. The second-order valence-corrected chi connectivity index (χ2v) is 8.17. The van der Waals surface area contributed by atoms with Gasteiger partial charge in [0.05, 0.1) is 16.6 Å². The summed E-state index contributed by atoms with van der Waals surface area (Å²) >= 11 is 0. The molecule has 0 unspecified atom stereocenters. The molecule has 3 rings (SSSR count). The van der Waals surface area contributed by atoms with Crippen molar-refractivity contribution in [1.82, 2.24) is 10.2 Å². The number of rotatable bonds is 8. The maximum atomic E-state index is 12.9. The fraction of sp³-hybridized carbons (Fsp3) is 0.450. The molecule has 7 heteroatoms. The van der Waals surface area contributed by atoms with Crippen molar-refractivity contribution in [3.8, 4) is 0 Å². The molecule has 2 heterocycles. The molecule has 0 saturated carbocycles. The maximum absolute atomic E-state index is 12.9. The van der Waals surface area contributed by atoms with E-state index in [4.69, 9.17) is 4.42 Å². The number of hydrogen-bond acceptors (Lipinski definition) is 4. The molecular weight excluding hydrogens is 367 g/mol. The normalized spacial score (nSPS) is 16.2. The molecule has 1 aromatic heterocycles. The SMILES string of the molecule is O=C(NCCCN1CCCCC1)c1ccc(C[S@@](=O)c2ccc(F)cc2)o1. The summed E-state index contributed by atoms with van der Waals surface area (Å²) in [6.07, 6.45) is 4.76. The van der Waals surface area contributed by atoms with E-state index in [1.807, 2.05) is 0 Å². The number of benzene rings is 1. The standard InChI is InChI=1S/C20H25FN2O3S/c21-16-5-8-18(9-6-16)27(25)15-17-7-10-19(26-17)20(24)22-11-4-14-23-12-2-1-3-13-23/h5-10H,1-4,11-15H2,(H,22,24)/t27-/m1/s1. The van der Waals surface area contributed by atoms with Crippen molar-refractivity contribution < 1.29 is 17.8 Å². The van der Waals surface area contributed by atoms with Crippen LogP contribution in [-0.4, -0.2) is 41.2 Å². The molecule has 0 radical (unpaired) electrons. The molecule has 1 aliphatic rings. The van der Waals surface area contributed by atoms with Crippen LogP contribution >= 0.6 is 0 Å². The van der Waals surface area contributed by atoms with Crippen LogP contribution in [0.2, 0.25) is 0 Å². The Morgan fingerprint density at radius 3 is 2.59 bits per heavy atom. The van der Waals surface area contributed by atoms with Crippen molar-refractivity contribution in [3.05, 3.63) is 53.7 Å². The van der Waals surface area contributed by atoms with Gasteiger partial charge in [0, 0.05) is 11.4 Å². The van der Waals surface area contributed by atoms with E-state index in [0.717, 1.165) is 26.1 Å². The lowest BCUT2D eigenvalue weighted by Gasteiger charge is -2.26. The van der Waals surface area contributed by atoms with Crippen LogP contribution in [0.5, 0.6) is 0 Å². The first kappa shape index (κ1) is 19.8. The van der Waals surface area contributed by atoms with Gasteiger partial charge in [-0.2, -0.15) is 0 Å². The highest BCUT2D eigenvalue weighted by Crippen LogP contribution is 2.16. The predicted molar refractivity (Wildman–Crippen MR) is 102 cm³/mol. The zero-order chi connectivity index (χ0) is 19.1. The van der Waals surface area contributed by atoms with Gasteiger partial charge in [0.2, 0.25) is 0 Å². The van der Waals surface area contributed by atoms with Crippen molar-refractivity contribution in [3.63, 3.8) is 0 Å². The minimum atomic E-state index is -1.35. The summed E-state index contributed by atoms with van der Waals surface area (Å²) in [7, 11) is -1.35. The van der Waals surface area contributed by atoms with Crippen LogP contribution in [0.3, 0.4) is 0 Å². The van der Waals surface area contributed by atoms with Crippen LogP contribution in [0, 0.1) is 5.82 Å². The first-order valence-electron chi connectivity index (χ1n) is 9.35. The second-order valence-electron chi connectivity index (χ2n) is 6.72. The largest absolute Gasteiger partial charge is 0.455 e. The molecule has 146 valence electrons. The smallest absolute Gasteiger partial charge is 0.286 e. The molecule has 1 fully saturated rings. The summed E-state index contributed by atoms with van der Waals surface area (Å²) in [5, 5.41) is 2.87. The zero-order valence-electron chi connectivity index (χ0n) is 15.3. The number of nitrogens with zero attached hydrogens (tertiary/aromatic N) is 1. The zero-order valence-corrected chi connectivity index (χ0v) is 16.1. The maximum Gasteiger partial charge on any atom is 0.286 e. The fourth-order valence-corrected chi connectivity index (χ4v) is 4.17. The molecule has 1 aromatic carbocycles. The lowest BCUT2D eigenvalue weighted by molar-refractivity contribution is 0.0922. The second kappa shape index (κ2) is 9.80. The molecule has 0 spiro atoms. The van der Waals surface area contributed by atoms with Crippen LogP contribution in [-0.2, 0) is 16.6 Å². The number of carbonyl (C=O) groups excluding carboxylic acids is 1. The Bertz CT molecular complexity index is 770. The topological polar surface area (TPSA) is 62.6 Å². The van der Waals surface area contributed by atoms with Crippen molar-refractivity contribution >= 4 is 16.7 Å². The highest BCUT2D eigenvalue weighted by atomic mass is 32.2. The molecule has 27 heavy (non-hydrogen) atoms. The minimum absolute atomic E-state index is 0.147. The Hall–Kier alpha value is -1.99. The molecule has 5 nitrogen and oxygen atoms in total. The third kappa shape index (κ3) is 6.01. The van der Waals surface area contributed by atoms with Gasteiger partial charge in [-0.05, 0) is 75.3 Å². The summed E-state index contributed by atoms with van der Waals surface area (Å²) in [5.41, 5.74) is 0. The number of halogens is 1. The van der Waals surface area contributed by atoms with Crippen LogP contribution in [0.25, 0.3) is 0 Å². The number of carbonyl (C=O) groups is 1. The lowest BCUT2D eigenvalue weighted by Crippen LogP contribution is -2.33. The van der Waals surface area contributed by atoms with Gasteiger partial charge in [0.25, 0.3) is 5.91 Å². The fourth-order valence-electron chi connectivity index (χ4n) is 3.15. The van der Waals surface area contributed by atoms with Crippen molar-refractivity contribution in [2.24, 2.45) is 0 Å². The van der Waals surface area contributed by atoms with Crippen LogP contribution in [0.15, 0.2) is 45.7 Å². The van der Waals surface area contributed by atoms with Gasteiger partial charge in [-0.15, -0.1) is 0 Å². The Balaban J connectivity index is 1.43. The van der Waals surface area contributed by atoms with E-state index >= 15 is 0 Å². The molecule has 1 N–H and O–H groups in total. The van der Waals surface area contributed by atoms with Gasteiger partial charge < -0.3 is 14.6 Å². The number of piperidine rings is 1. The van der Waals surface area contributed by atoms with Crippen molar-refractivity contribution in [1.29, 1.82) is 0 Å². The molecule has 1 amide bonds. The molecule has 0 bridgehead atoms. The van der Waals surface area contributed by atoms with Gasteiger partial charge in [-0.25, -0.2) is 4.39 Å². The Labute approximate surface area is 161 Å². The average molecular weight is 392 g/mol. The van der Waals surface area contributed by atoms with Gasteiger partial charge in [-0.1, -0.05) is 6.42 Å². The Kier molecular flexibility index (Phi) is 7.18. The Morgan fingerprint density at radius 1 is 1.11 bits per heavy atom. The van der Waals surface area contributed by atoms with E-state index in [1.54, 1.807) is 12.1 Å². The van der Waals surface area contributed by atoms with E-state index < -0.39 is 10.8 Å². The van der Waals surface area contributed by atoms with Crippen molar-refractivity contribution in [2.75, 3.05) is 26.2 Å². The third-order valence-electron chi connectivity index (χ3n) is 4.62. The summed E-state index contributed by atoms with van der Waals surface area (Å²) in [4.78, 5) is 15.1. The summed E-state index contributed by atoms with van der Waals surface area (Å²) in [6.45, 7) is 3.91. The predicted octanol–water partition coefficient (Wildman–Crippen LogP) is 3.33. The average Bonchev–Trinajstić information content (AvgIpc) is 3.15. The van der Waals surface area contributed by atoms with Crippen LogP contribution < -0.4 is 5.32 Å². The van der Waals surface area contributed by atoms with Gasteiger partial charge in [0.15, 0.2) is 5.76 Å². The van der Waals surface area contributed by atoms with Crippen molar-refractivity contribution in [2.45, 2.75) is 36.3 Å². The number of nitrogens with one attached hydrogen (secondary N) is 1. The first-order chi connectivity index (χ1) is 13.1. The number of likely N-dealkylation sites (tertiary alicyclic amines) is 1. The first-order valence-corrected chi connectivity index (χ1v) is 10.7. The summed E-state index contributed by atoms with van der Waals surface area (Å²) in [5.74, 6) is 0.212. The summed E-state index contributed by atoms with van der Waals surface area (Å²) < 4.78 is 30.7. The number of furan rings is 1. The Morgan fingerprint density at radius 2 is 1.85 bits per heavy atom. The number of hydrogen-bond donors (Lipinski definition) is 1. The van der Waals surface area contributed by atoms with E-state index in [0.29, 0.717) is 17.2 Å². The van der Waals surface area contributed by atoms with E-state index in [-0.39, 0.29) is 23.2 Å². The molecular formula is C20H25FN2O3S. The monoisotopic (exact) mass is 392 g/mol. The molecule has 1 saturated heterocycles. The molecule has 1 aliphatic heterocycles. The molecule has 1 atom stereocenters. The molecule has 2 aromatic rings. The van der Waals surface area contributed by atoms with E-state index in [1.165, 1.54) is 43.5 Å². The number of amides is 1. The van der Waals surface area contributed by atoms with E-state index in [9.17, 15) is 13.4 Å². The summed E-state index contributed by atoms with van der Waals surface area (Å²) in [6, 6.07) is 8.78. The minimum Gasteiger partial charge on any atom is -0.455 e. The van der Waals surface area contributed by atoms with E-state index in [2.05, 4.69) is 10.2 Å². The van der Waals surface area contributed by atoms with Gasteiger partial charge in [-0.3, -0.25) is 9.00 Å². The highest BCUT2D eigenvalue weighted by molar-refractivity contribution is 7.84. The molecule has 0 aliphatic carbocycles. The third-order valence-corrected chi connectivity index (χ3v) is 5.97. The van der Waals surface area contributed by atoms with Crippen LogP contribution in [0.1, 0.15) is 42.0 Å². The lowest BCUT2D eigenvalue weighted by atomic mass is 10.1. The quantitative estimate of drug-likeness (QED) is 0.700.